The van der Waals surface area contributed by atoms with E-state index < -0.39 is 0 Å². The number of aromatic nitrogens is 2. The summed E-state index contributed by atoms with van der Waals surface area (Å²) >= 11 is 3.20. The van der Waals surface area contributed by atoms with Gasteiger partial charge in [-0.3, -0.25) is 0 Å². The summed E-state index contributed by atoms with van der Waals surface area (Å²) in [4.78, 5) is 8.72. The fourth-order valence-electron chi connectivity index (χ4n) is 1.50. The molecule has 2 N–H and O–H groups in total. The Hall–Kier alpha value is -1.01. The third kappa shape index (κ3) is 2.54. The molecular formula is C12H17N3OS2. The molecule has 0 bridgehead atoms. The number of nitrogens with zero attached hydrogens (tertiary/aromatic N) is 2. The zero-order chi connectivity index (χ0) is 13.5. The monoisotopic (exact) mass is 283 g/mol. The molecule has 0 unspecified atom stereocenters. The van der Waals surface area contributed by atoms with Crippen LogP contribution < -0.4 is 5.73 Å². The molecule has 98 valence electrons. The first-order chi connectivity index (χ1) is 8.29. The van der Waals surface area contributed by atoms with E-state index in [1.165, 1.54) is 11.3 Å². The Morgan fingerprint density at radius 2 is 1.83 bits per heavy atom. The summed E-state index contributed by atoms with van der Waals surface area (Å²) in [5.41, 5.74) is 7.63. The lowest BCUT2D eigenvalue weighted by Crippen LogP contribution is -2.12. The molecule has 0 aliphatic rings. The molecule has 0 atom stereocenters. The average Bonchev–Trinajstić information content (AvgIpc) is 2.72. The Morgan fingerprint density at radius 1 is 1.17 bits per heavy atom. The standard InChI is InChI=1S/C12H17N3OS2/c1-6-8(3)16-10(14-6)12(4,5)18-9-7(2)15-11(13)17-9/h1-5H3,(H2,13,15). The summed E-state index contributed by atoms with van der Waals surface area (Å²) in [5.74, 6) is 1.62. The molecule has 0 aliphatic carbocycles. The molecule has 0 aromatic carbocycles. The Bertz CT molecular complexity index is 552. The summed E-state index contributed by atoms with van der Waals surface area (Å²) in [7, 11) is 0. The van der Waals surface area contributed by atoms with E-state index in [9.17, 15) is 0 Å². The quantitative estimate of drug-likeness (QED) is 0.871. The zero-order valence-corrected chi connectivity index (χ0v) is 12.8. The van der Waals surface area contributed by atoms with Crippen LogP contribution in [0.15, 0.2) is 8.63 Å². The first-order valence-electron chi connectivity index (χ1n) is 5.66. The van der Waals surface area contributed by atoms with Gasteiger partial charge in [0.1, 0.15) is 5.76 Å². The number of aryl methyl sites for hydroxylation is 3. The van der Waals surface area contributed by atoms with Gasteiger partial charge in [0.2, 0.25) is 5.89 Å². The summed E-state index contributed by atoms with van der Waals surface area (Å²) in [6.07, 6.45) is 0. The van der Waals surface area contributed by atoms with Gasteiger partial charge in [0.05, 0.1) is 20.3 Å². The van der Waals surface area contributed by atoms with E-state index in [-0.39, 0.29) is 4.75 Å². The molecule has 0 radical (unpaired) electrons. The lowest BCUT2D eigenvalue weighted by atomic mass is 10.2. The van der Waals surface area contributed by atoms with Crippen molar-refractivity contribution in [3.63, 3.8) is 0 Å². The molecule has 2 rings (SSSR count). The van der Waals surface area contributed by atoms with Crippen molar-refractivity contribution in [2.24, 2.45) is 0 Å². The number of nitrogens with two attached hydrogens (primary N) is 1. The van der Waals surface area contributed by atoms with Gasteiger partial charge in [-0.05, 0) is 34.6 Å². The van der Waals surface area contributed by atoms with Crippen LogP contribution in [0.25, 0.3) is 0 Å². The second-order valence-corrected chi connectivity index (χ2v) is 7.62. The largest absolute Gasteiger partial charge is 0.444 e. The minimum absolute atomic E-state index is 0.233. The van der Waals surface area contributed by atoms with Gasteiger partial charge in [-0.15, -0.1) is 0 Å². The van der Waals surface area contributed by atoms with Crippen molar-refractivity contribution in [2.75, 3.05) is 5.73 Å². The molecule has 6 heteroatoms. The topological polar surface area (TPSA) is 64.9 Å². The van der Waals surface area contributed by atoms with Gasteiger partial charge >= 0.3 is 0 Å². The number of anilines is 1. The highest BCUT2D eigenvalue weighted by Crippen LogP contribution is 2.44. The highest BCUT2D eigenvalue weighted by molar-refractivity contribution is 8.02. The van der Waals surface area contributed by atoms with Gasteiger partial charge in [0.15, 0.2) is 5.13 Å². The first-order valence-corrected chi connectivity index (χ1v) is 7.29. The van der Waals surface area contributed by atoms with Crippen LogP contribution in [-0.4, -0.2) is 9.97 Å². The Morgan fingerprint density at radius 3 is 2.28 bits per heavy atom. The van der Waals surface area contributed by atoms with Crippen LogP contribution in [0.2, 0.25) is 0 Å². The second kappa shape index (κ2) is 4.59. The molecule has 0 saturated carbocycles. The van der Waals surface area contributed by atoms with Crippen LogP contribution in [0.1, 0.15) is 36.9 Å². The Labute approximate surface area is 115 Å². The van der Waals surface area contributed by atoms with Crippen LogP contribution in [0, 0.1) is 20.8 Å². The Kier molecular flexibility index (Phi) is 3.42. The zero-order valence-electron chi connectivity index (χ0n) is 11.2. The van der Waals surface area contributed by atoms with E-state index in [1.807, 2.05) is 20.8 Å². The van der Waals surface area contributed by atoms with Crippen molar-refractivity contribution < 1.29 is 4.42 Å². The van der Waals surface area contributed by atoms with Gasteiger partial charge in [-0.25, -0.2) is 9.97 Å². The van der Waals surface area contributed by atoms with E-state index in [0.29, 0.717) is 5.13 Å². The van der Waals surface area contributed by atoms with Crippen LogP contribution in [0.3, 0.4) is 0 Å². The summed E-state index contributed by atoms with van der Waals surface area (Å²) in [6.45, 7) is 10.0. The number of oxazole rings is 1. The molecule has 2 heterocycles. The van der Waals surface area contributed by atoms with Crippen LogP contribution >= 0.6 is 23.1 Å². The minimum Gasteiger partial charge on any atom is -0.444 e. The molecule has 0 saturated heterocycles. The maximum Gasteiger partial charge on any atom is 0.210 e. The van der Waals surface area contributed by atoms with Crippen LogP contribution in [-0.2, 0) is 4.75 Å². The molecule has 2 aromatic rings. The average molecular weight is 283 g/mol. The predicted octanol–water partition coefficient (Wildman–Crippen LogP) is 3.67. The second-order valence-electron chi connectivity index (χ2n) is 4.70. The highest BCUT2D eigenvalue weighted by atomic mass is 32.2. The van der Waals surface area contributed by atoms with E-state index in [4.69, 9.17) is 10.2 Å². The normalized spacial score (nSPS) is 12.1. The molecule has 0 fully saturated rings. The van der Waals surface area contributed by atoms with Gasteiger partial charge in [-0.1, -0.05) is 23.1 Å². The van der Waals surface area contributed by atoms with Crippen LogP contribution in [0.5, 0.6) is 0 Å². The van der Waals surface area contributed by atoms with Gasteiger partial charge < -0.3 is 10.2 Å². The smallest absolute Gasteiger partial charge is 0.210 e. The van der Waals surface area contributed by atoms with Crippen molar-refractivity contribution in [1.29, 1.82) is 0 Å². The molecule has 0 aliphatic heterocycles. The predicted molar refractivity (Wildman–Crippen MR) is 76.1 cm³/mol. The number of hydrogen-bond acceptors (Lipinski definition) is 6. The lowest BCUT2D eigenvalue weighted by Gasteiger charge is -2.19. The van der Waals surface area contributed by atoms with Gasteiger partial charge in [-0.2, -0.15) is 0 Å². The molecule has 18 heavy (non-hydrogen) atoms. The van der Waals surface area contributed by atoms with Crippen molar-refractivity contribution in [2.45, 2.75) is 43.6 Å². The first kappa shape index (κ1) is 13.4. The fourth-order valence-corrected chi connectivity index (χ4v) is 3.95. The maximum absolute atomic E-state index is 5.72. The lowest BCUT2D eigenvalue weighted by molar-refractivity contribution is 0.433. The third-order valence-corrected chi connectivity index (χ3v) is 5.11. The number of thioether (sulfide) groups is 1. The SMILES string of the molecule is Cc1nc(C(C)(C)Sc2sc(N)nc2C)oc1C. The van der Waals surface area contributed by atoms with Crippen molar-refractivity contribution in [3.8, 4) is 0 Å². The molecule has 0 amide bonds. The molecule has 4 nitrogen and oxygen atoms in total. The summed E-state index contributed by atoms with van der Waals surface area (Å²) in [6, 6.07) is 0. The third-order valence-electron chi connectivity index (χ3n) is 2.66. The number of thiazole rings is 1. The molecule has 2 aromatic heterocycles. The number of rotatable bonds is 3. The minimum atomic E-state index is -0.233. The van der Waals surface area contributed by atoms with Crippen molar-refractivity contribution in [1.82, 2.24) is 9.97 Å². The summed E-state index contributed by atoms with van der Waals surface area (Å²) < 4.78 is 6.60. The summed E-state index contributed by atoms with van der Waals surface area (Å²) in [5, 5.41) is 0.602. The van der Waals surface area contributed by atoms with Crippen molar-refractivity contribution >= 4 is 28.2 Å². The number of nitrogen functional groups attached to an aromatic ring is 1. The van der Waals surface area contributed by atoms with E-state index in [1.54, 1.807) is 11.8 Å². The van der Waals surface area contributed by atoms with Crippen molar-refractivity contribution in [3.05, 3.63) is 23.0 Å². The van der Waals surface area contributed by atoms with E-state index >= 15 is 0 Å². The van der Waals surface area contributed by atoms with E-state index in [2.05, 4.69) is 23.8 Å². The Balaban J connectivity index is 2.29. The molecular weight excluding hydrogens is 266 g/mol. The number of hydrogen-bond donors (Lipinski definition) is 1. The van der Waals surface area contributed by atoms with E-state index in [0.717, 1.165) is 27.2 Å². The van der Waals surface area contributed by atoms with Gasteiger partial charge in [0, 0.05) is 0 Å². The highest BCUT2D eigenvalue weighted by Gasteiger charge is 2.30. The fraction of sp³-hybridized carbons (Fsp3) is 0.500. The molecule has 0 spiro atoms. The van der Waals surface area contributed by atoms with Gasteiger partial charge in [0.25, 0.3) is 0 Å². The maximum atomic E-state index is 5.72. The van der Waals surface area contributed by atoms with Crippen LogP contribution in [0.4, 0.5) is 5.13 Å².